The van der Waals surface area contributed by atoms with E-state index in [4.69, 9.17) is 46.4 Å². The summed E-state index contributed by atoms with van der Waals surface area (Å²) < 4.78 is -1.66. The smallest absolute Gasteiger partial charge is 0.225 e. The van der Waals surface area contributed by atoms with Crippen molar-refractivity contribution in [3.05, 3.63) is 34.9 Å². The standard InChI is InChI=1S/C9H8Cl4OS/c10-7-3-1-6(2-4-7)5-15-8(14)9(11,12)13/h1-4,8,14H,5H2/t8-/m1/s1. The van der Waals surface area contributed by atoms with Gasteiger partial charge in [0.25, 0.3) is 0 Å². The number of aliphatic hydroxyl groups is 1. The monoisotopic (exact) mass is 304 g/mol. The Kier molecular flexibility index (Phi) is 5.37. The number of benzene rings is 1. The van der Waals surface area contributed by atoms with Crippen molar-refractivity contribution in [3.63, 3.8) is 0 Å². The molecule has 1 aromatic carbocycles. The molecule has 0 saturated heterocycles. The average Bonchev–Trinajstić information content (AvgIpc) is 2.15. The number of hydrogen-bond donors (Lipinski definition) is 1. The van der Waals surface area contributed by atoms with E-state index >= 15 is 0 Å². The molecule has 1 rings (SSSR count). The molecule has 0 spiro atoms. The van der Waals surface area contributed by atoms with Gasteiger partial charge in [0.05, 0.1) is 0 Å². The van der Waals surface area contributed by atoms with Crippen LogP contribution in [0.5, 0.6) is 0 Å². The lowest BCUT2D eigenvalue weighted by Gasteiger charge is -2.17. The lowest BCUT2D eigenvalue weighted by Crippen LogP contribution is -2.21. The van der Waals surface area contributed by atoms with E-state index in [9.17, 15) is 5.11 Å². The van der Waals surface area contributed by atoms with Gasteiger partial charge in [0.15, 0.2) is 0 Å². The van der Waals surface area contributed by atoms with Crippen LogP contribution in [0.4, 0.5) is 0 Å². The van der Waals surface area contributed by atoms with Crippen molar-refractivity contribution < 1.29 is 5.11 Å². The largest absolute Gasteiger partial charge is 0.378 e. The third-order valence-electron chi connectivity index (χ3n) is 1.60. The van der Waals surface area contributed by atoms with Gasteiger partial charge in [0, 0.05) is 10.8 Å². The second-order valence-electron chi connectivity index (χ2n) is 2.83. The summed E-state index contributed by atoms with van der Waals surface area (Å²) >= 11 is 23.4. The first-order valence-corrected chi connectivity index (χ1v) is 6.56. The van der Waals surface area contributed by atoms with Gasteiger partial charge in [-0.15, -0.1) is 11.8 Å². The Morgan fingerprint density at radius 2 is 1.73 bits per heavy atom. The van der Waals surface area contributed by atoms with Crippen LogP contribution >= 0.6 is 58.2 Å². The van der Waals surface area contributed by atoms with E-state index in [0.29, 0.717) is 10.8 Å². The number of aliphatic hydroxyl groups excluding tert-OH is 1. The molecule has 15 heavy (non-hydrogen) atoms. The fourth-order valence-electron chi connectivity index (χ4n) is 0.850. The summed E-state index contributed by atoms with van der Waals surface area (Å²) in [6.45, 7) is 0. The zero-order chi connectivity index (χ0) is 11.5. The van der Waals surface area contributed by atoms with E-state index in [2.05, 4.69) is 0 Å². The quantitative estimate of drug-likeness (QED) is 0.665. The first kappa shape index (κ1) is 13.8. The van der Waals surface area contributed by atoms with Crippen LogP contribution in [0, 0.1) is 0 Å². The van der Waals surface area contributed by atoms with Gasteiger partial charge in [-0.3, -0.25) is 0 Å². The minimum absolute atomic E-state index is 0.562. The molecular formula is C9H8Cl4OS. The number of rotatable bonds is 3. The lowest BCUT2D eigenvalue weighted by atomic mass is 10.2. The highest BCUT2D eigenvalue weighted by Gasteiger charge is 2.30. The molecule has 84 valence electrons. The number of alkyl halides is 3. The van der Waals surface area contributed by atoms with Gasteiger partial charge in [-0.25, -0.2) is 0 Å². The molecule has 1 nitrogen and oxygen atoms in total. The Balaban J connectivity index is 2.47. The van der Waals surface area contributed by atoms with Crippen LogP contribution in [-0.2, 0) is 5.75 Å². The summed E-state index contributed by atoms with van der Waals surface area (Å²) in [6, 6.07) is 7.28. The van der Waals surface area contributed by atoms with Crippen molar-refractivity contribution >= 4 is 58.2 Å². The van der Waals surface area contributed by atoms with E-state index in [0.717, 1.165) is 17.3 Å². The predicted molar refractivity (Wildman–Crippen MR) is 69.0 cm³/mol. The highest BCUT2D eigenvalue weighted by atomic mass is 35.6. The first-order chi connectivity index (χ1) is 6.89. The second kappa shape index (κ2) is 5.85. The van der Waals surface area contributed by atoms with Gasteiger partial charge in [-0.2, -0.15) is 0 Å². The number of hydrogen-bond acceptors (Lipinski definition) is 2. The van der Waals surface area contributed by atoms with Crippen LogP contribution in [0.25, 0.3) is 0 Å². The van der Waals surface area contributed by atoms with Crippen molar-refractivity contribution in [2.45, 2.75) is 15.0 Å². The third-order valence-corrected chi connectivity index (χ3v) is 4.03. The van der Waals surface area contributed by atoms with E-state index in [1.165, 1.54) is 0 Å². The van der Waals surface area contributed by atoms with E-state index in [1.807, 2.05) is 12.1 Å². The Bertz CT molecular complexity index is 309. The average molecular weight is 306 g/mol. The van der Waals surface area contributed by atoms with Gasteiger partial charge in [-0.1, -0.05) is 58.5 Å². The van der Waals surface area contributed by atoms with E-state index in [1.54, 1.807) is 12.1 Å². The summed E-state index contributed by atoms with van der Waals surface area (Å²) in [4.78, 5) is 0. The minimum Gasteiger partial charge on any atom is -0.378 e. The Labute approximate surface area is 113 Å². The molecule has 6 heteroatoms. The molecule has 0 amide bonds. The van der Waals surface area contributed by atoms with E-state index in [-0.39, 0.29) is 0 Å². The maximum absolute atomic E-state index is 9.44. The highest BCUT2D eigenvalue weighted by molar-refractivity contribution is 7.99. The van der Waals surface area contributed by atoms with Crippen LogP contribution < -0.4 is 0 Å². The number of thioether (sulfide) groups is 1. The van der Waals surface area contributed by atoms with Crippen LogP contribution in [0.15, 0.2) is 24.3 Å². The molecule has 0 aliphatic carbocycles. The number of halogens is 4. The van der Waals surface area contributed by atoms with Crippen molar-refractivity contribution in [3.8, 4) is 0 Å². The van der Waals surface area contributed by atoms with Crippen molar-refractivity contribution in [2.24, 2.45) is 0 Å². The Morgan fingerprint density at radius 3 is 2.20 bits per heavy atom. The summed E-state index contributed by atoms with van der Waals surface area (Å²) in [7, 11) is 0. The van der Waals surface area contributed by atoms with Crippen molar-refractivity contribution in [1.29, 1.82) is 0 Å². The molecule has 0 aliphatic heterocycles. The Hall–Kier alpha value is 0.690. The fraction of sp³-hybridized carbons (Fsp3) is 0.333. The maximum atomic E-state index is 9.44. The van der Waals surface area contributed by atoms with Gasteiger partial charge in [0.2, 0.25) is 3.79 Å². The zero-order valence-corrected chi connectivity index (χ0v) is 11.3. The van der Waals surface area contributed by atoms with Crippen LogP contribution in [0.3, 0.4) is 0 Å². The zero-order valence-electron chi connectivity index (χ0n) is 7.46. The second-order valence-corrected chi connectivity index (χ2v) is 6.71. The molecule has 0 bridgehead atoms. The van der Waals surface area contributed by atoms with E-state index < -0.39 is 9.23 Å². The SMILES string of the molecule is O[C@H](SCc1ccc(Cl)cc1)C(Cl)(Cl)Cl. The molecule has 1 aromatic rings. The first-order valence-electron chi connectivity index (χ1n) is 4.00. The maximum Gasteiger partial charge on any atom is 0.225 e. The topological polar surface area (TPSA) is 20.2 Å². The van der Waals surface area contributed by atoms with Crippen molar-refractivity contribution in [2.75, 3.05) is 0 Å². The molecule has 0 heterocycles. The molecule has 0 radical (unpaired) electrons. The predicted octanol–water partition coefficient (Wildman–Crippen LogP) is 4.26. The summed E-state index contributed by atoms with van der Waals surface area (Å²) in [6.07, 6.45) is 0. The summed E-state index contributed by atoms with van der Waals surface area (Å²) in [5, 5.41) is 10.1. The molecule has 0 unspecified atom stereocenters. The molecule has 0 aliphatic rings. The van der Waals surface area contributed by atoms with Gasteiger partial charge >= 0.3 is 0 Å². The molecule has 1 N–H and O–H groups in total. The van der Waals surface area contributed by atoms with Gasteiger partial charge in [-0.05, 0) is 17.7 Å². The molecule has 0 saturated carbocycles. The molecule has 0 fully saturated rings. The van der Waals surface area contributed by atoms with Gasteiger partial charge in [0.1, 0.15) is 5.44 Å². The third kappa shape index (κ3) is 5.03. The normalized spacial score (nSPS) is 13.9. The fourth-order valence-corrected chi connectivity index (χ4v) is 2.27. The lowest BCUT2D eigenvalue weighted by molar-refractivity contribution is 0.268. The van der Waals surface area contributed by atoms with Crippen LogP contribution in [0.2, 0.25) is 5.02 Å². The van der Waals surface area contributed by atoms with Crippen LogP contribution in [0.1, 0.15) is 5.56 Å². The van der Waals surface area contributed by atoms with Crippen LogP contribution in [-0.4, -0.2) is 14.3 Å². The van der Waals surface area contributed by atoms with Crippen molar-refractivity contribution in [1.82, 2.24) is 0 Å². The molecule has 1 atom stereocenters. The van der Waals surface area contributed by atoms with Gasteiger partial charge < -0.3 is 5.11 Å². The Morgan fingerprint density at radius 1 is 1.20 bits per heavy atom. The molecular weight excluding hydrogens is 298 g/mol. The summed E-state index contributed by atoms with van der Waals surface area (Å²) in [5.41, 5.74) is -0.0316. The highest BCUT2D eigenvalue weighted by Crippen LogP contribution is 2.37. The molecule has 0 aromatic heterocycles. The minimum atomic E-state index is -1.66. The summed E-state index contributed by atoms with van der Waals surface area (Å²) in [5.74, 6) is 0.562.